The molecule has 0 fully saturated rings. The first-order valence-electron chi connectivity index (χ1n) is 5.59. The Bertz CT molecular complexity index is 538. The molecule has 4 heteroatoms. The van der Waals surface area contributed by atoms with Crippen LogP contribution in [0.15, 0.2) is 29.6 Å². The summed E-state index contributed by atoms with van der Waals surface area (Å²) in [5.74, 6) is 1.01. The number of anilines is 1. The molecule has 0 bridgehead atoms. The molecule has 0 aliphatic carbocycles. The maximum atomic E-state index is 8.37. The standard InChI is InChI=1S/C8H12N2.C6H5NS/c1-7-5-4-6-8(9-7)10(2)3;1-5-2-3-8-6(5)4-7/h4-6H,1-3H3;2-3H,1H3. The van der Waals surface area contributed by atoms with Crippen LogP contribution in [0.4, 0.5) is 5.82 Å². The first-order valence-corrected chi connectivity index (χ1v) is 6.47. The molecule has 0 spiro atoms. The molecule has 0 saturated carbocycles. The van der Waals surface area contributed by atoms with E-state index in [9.17, 15) is 0 Å². The van der Waals surface area contributed by atoms with Gasteiger partial charge in [0, 0.05) is 19.8 Å². The van der Waals surface area contributed by atoms with Crippen molar-refractivity contribution in [1.29, 1.82) is 5.26 Å². The van der Waals surface area contributed by atoms with Crippen molar-refractivity contribution in [2.75, 3.05) is 19.0 Å². The maximum absolute atomic E-state index is 8.37. The van der Waals surface area contributed by atoms with Gasteiger partial charge in [-0.3, -0.25) is 0 Å². The Morgan fingerprint density at radius 2 is 1.94 bits per heavy atom. The van der Waals surface area contributed by atoms with E-state index in [1.807, 2.05) is 62.5 Å². The highest BCUT2D eigenvalue weighted by Gasteiger charge is 1.94. The predicted molar refractivity (Wildman–Crippen MR) is 77.1 cm³/mol. The summed E-state index contributed by atoms with van der Waals surface area (Å²) in [7, 11) is 3.98. The van der Waals surface area contributed by atoms with Gasteiger partial charge >= 0.3 is 0 Å². The summed E-state index contributed by atoms with van der Waals surface area (Å²) in [5, 5.41) is 10.3. The Balaban J connectivity index is 0.000000184. The van der Waals surface area contributed by atoms with Crippen LogP contribution in [0, 0.1) is 25.2 Å². The number of pyridine rings is 1. The van der Waals surface area contributed by atoms with Crippen molar-refractivity contribution in [2.45, 2.75) is 13.8 Å². The molecule has 2 aromatic heterocycles. The predicted octanol–water partition coefficient (Wildman–Crippen LogP) is 3.38. The van der Waals surface area contributed by atoms with Gasteiger partial charge in [-0.25, -0.2) is 4.98 Å². The topological polar surface area (TPSA) is 39.9 Å². The van der Waals surface area contributed by atoms with E-state index in [-0.39, 0.29) is 0 Å². The molecule has 0 aliphatic rings. The number of aromatic nitrogens is 1. The molecule has 0 amide bonds. The van der Waals surface area contributed by atoms with E-state index in [4.69, 9.17) is 5.26 Å². The third kappa shape index (κ3) is 4.19. The molecule has 0 atom stereocenters. The van der Waals surface area contributed by atoms with Crippen molar-refractivity contribution in [3.8, 4) is 6.07 Å². The Morgan fingerprint density at radius 3 is 2.28 bits per heavy atom. The van der Waals surface area contributed by atoms with E-state index in [0.29, 0.717) is 0 Å². The van der Waals surface area contributed by atoms with Gasteiger partial charge in [-0.05, 0) is 43.0 Å². The lowest BCUT2D eigenvalue weighted by Crippen LogP contribution is -2.10. The Labute approximate surface area is 112 Å². The van der Waals surface area contributed by atoms with Gasteiger partial charge in [-0.2, -0.15) is 5.26 Å². The third-order valence-electron chi connectivity index (χ3n) is 2.30. The average Bonchev–Trinajstić information content (AvgIpc) is 2.75. The molecule has 3 nitrogen and oxygen atoms in total. The van der Waals surface area contributed by atoms with Crippen LogP contribution in [-0.4, -0.2) is 19.1 Å². The second-order valence-electron chi connectivity index (χ2n) is 4.08. The van der Waals surface area contributed by atoms with Gasteiger partial charge in [0.25, 0.3) is 0 Å². The van der Waals surface area contributed by atoms with Gasteiger partial charge in [0.05, 0.1) is 0 Å². The van der Waals surface area contributed by atoms with Crippen molar-refractivity contribution in [3.05, 3.63) is 45.8 Å². The number of hydrogen-bond donors (Lipinski definition) is 0. The fraction of sp³-hybridized carbons (Fsp3) is 0.286. The lowest BCUT2D eigenvalue weighted by atomic mass is 10.3. The first kappa shape index (κ1) is 14.2. The highest BCUT2D eigenvalue weighted by molar-refractivity contribution is 7.10. The van der Waals surface area contributed by atoms with Crippen molar-refractivity contribution in [1.82, 2.24) is 4.98 Å². The minimum atomic E-state index is 0.824. The fourth-order valence-electron chi connectivity index (χ4n) is 1.27. The number of nitrogens with zero attached hydrogens (tertiary/aromatic N) is 3. The Morgan fingerprint density at radius 1 is 1.22 bits per heavy atom. The molecule has 0 aliphatic heterocycles. The Hall–Kier alpha value is -1.86. The van der Waals surface area contributed by atoms with Crippen LogP contribution in [-0.2, 0) is 0 Å². The molecule has 2 aromatic rings. The molecule has 0 N–H and O–H groups in total. The molecule has 94 valence electrons. The van der Waals surface area contributed by atoms with Crippen molar-refractivity contribution in [3.63, 3.8) is 0 Å². The summed E-state index contributed by atoms with van der Waals surface area (Å²) in [5.41, 5.74) is 2.14. The molecule has 0 radical (unpaired) electrons. The van der Waals surface area contributed by atoms with Crippen molar-refractivity contribution in [2.24, 2.45) is 0 Å². The van der Waals surface area contributed by atoms with Gasteiger partial charge in [0.15, 0.2) is 0 Å². The largest absolute Gasteiger partial charge is 0.363 e. The fourth-order valence-corrected chi connectivity index (χ4v) is 1.98. The van der Waals surface area contributed by atoms with Crippen LogP contribution in [0.5, 0.6) is 0 Å². The minimum Gasteiger partial charge on any atom is -0.363 e. The third-order valence-corrected chi connectivity index (χ3v) is 3.22. The number of nitriles is 1. The average molecular weight is 259 g/mol. The highest BCUT2D eigenvalue weighted by atomic mass is 32.1. The van der Waals surface area contributed by atoms with Gasteiger partial charge in [0.1, 0.15) is 16.8 Å². The van der Waals surface area contributed by atoms with Gasteiger partial charge in [-0.15, -0.1) is 11.3 Å². The van der Waals surface area contributed by atoms with Gasteiger partial charge in [-0.1, -0.05) is 6.07 Å². The summed E-state index contributed by atoms with van der Waals surface area (Å²) < 4.78 is 0. The second-order valence-corrected chi connectivity index (χ2v) is 4.99. The van der Waals surface area contributed by atoms with E-state index in [0.717, 1.165) is 22.0 Å². The van der Waals surface area contributed by atoms with Crippen LogP contribution in [0.3, 0.4) is 0 Å². The maximum Gasteiger partial charge on any atom is 0.128 e. The zero-order valence-corrected chi connectivity index (χ0v) is 12.0. The minimum absolute atomic E-state index is 0.824. The monoisotopic (exact) mass is 259 g/mol. The number of thiophene rings is 1. The van der Waals surface area contributed by atoms with E-state index in [1.54, 1.807) is 0 Å². The highest BCUT2D eigenvalue weighted by Crippen LogP contribution is 2.12. The first-order chi connectivity index (χ1) is 8.54. The van der Waals surface area contributed by atoms with E-state index in [2.05, 4.69) is 11.1 Å². The van der Waals surface area contributed by atoms with Gasteiger partial charge < -0.3 is 4.90 Å². The molecule has 2 heterocycles. The summed E-state index contributed by atoms with van der Waals surface area (Å²) in [6.07, 6.45) is 0. The van der Waals surface area contributed by atoms with E-state index in [1.165, 1.54) is 11.3 Å². The smallest absolute Gasteiger partial charge is 0.128 e. The van der Waals surface area contributed by atoms with Gasteiger partial charge in [0.2, 0.25) is 0 Å². The zero-order chi connectivity index (χ0) is 13.5. The summed E-state index contributed by atoms with van der Waals surface area (Å²) in [6, 6.07) is 10.0. The van der Waals surface area contributed by atoms with Crippen LogP contribution < -0.4 is 4.90 Å². The van der Waals surface area contributed by atoms with Crippen molar-refractivity contribution < 1.29 is 0 Å². The van der Waals surface area contributed by atoms with Crippen LogP contribution in [0.2, 0.25) is 0 Å². The quantitative estimate of drug-likeness (QED) is 0.788. The summed E-state index contributed by atoms with van der Waals surface area (Å²) >= 11 is 1.49. The lowest BCUT2D eigenvalue weighted by Gasteiger charge is -2.10. The van der Waals surface area contributed by atoms with E-state index >= 15 is 0 Å². The van der Waals surface area contributed by atoms with Crippen LogP contribution >= 0.6 is 11.3 Å². The lowest BCUT2D eigenvalue weighted by molar-refractivity contribution is 1.04. The number of hydrogen-bond acceptors (Lipinski definition) is 4. The number of rotatable bonds is 1. The zero-order valence-electron chi connectivity index (χ0n) is 11.1. The van der Waals surface area contributed by atoms with Crippen LogP contribution in [0.25, 0.3) is 0 Å². The summed E-state index contributed by atoms with van der Waals surface area (Å²) in [6.45, 7) is 3.93. The molecule has 0 saturated heterocycles. The number of aryl methyl sites for hydroxylation is 2. The van der Waals surface area contributed by atoms with Crippen molar-refractivity contribution >= 4 is 17.2 Å². The molecule has 18 heavy (non-hydrogen) atoms. The molecule has 2 rings (SSSR count). The molecular formula is C14H17N3S. The SMILES string of the molecule is Cc1cccc(N(C)C)n1.Cc1ccsc1C#N. The molecule has 0 unspecified atom stereocenters. The van der Waals surface area contributed by atoms with Crippen LogP contribution in [0.1, 0.15) is 16.1 Å². The van der Waals surface area contributed by atoms with E-state index < -0.39 is 0 Å². The summed E-state index contributed by atoms with van der Waals surface area (Å²) in [4.78, 5) is 7.12. The Kier molecular flexibility index (Phi) is 5.34. The normalized spacial score (nSPS) is 9.06. The molecular weight excluding hydrogens is 242 g/mol. The second kappa shape index (κ2) is 6.77. The molecule has 0 aromatic carbocycles.